The van der Waals surface area contributed by atoms with Crippen LogP contribution >= 0.6 is 11.8 Å². The number of rotatable bonds is 5. The van der Waals surface area contributed by atoms with Crippen LogP contribution in [0.5, 0.6) is 11.5 Å². The molecule has 1 N–H and O–H groups in total. The number of benzene rings is 1. The summed E-state index contributed by atoms with van der Waals surface area (Å²) < 4.78 is 10.6. The van der Waals surface area contributed by atoms with Gasteiger partial charge < -0.3 is 14.8 Å². The lowest BCUT2D eigenvalue weighted by molar-refractivity contribution is -0.126. The van der Waals surface area contributed by atoms with Crippen LogP contribution in [-0.2, 0) is 11.3 Å². The lowest BCUT2D eigenvalue weighted by Crippen LogP contribution is -2.43. The van der Waals surface area contributed by atoms with Crippen molar-refractivity contribution in [1.82, 2.24) is 5.32 Å². The number of hydrogen-bond donors (Lipinski definition) is 1. The first-order valence-corrected chi connectivity index (χ1v) is 10.2. The highest BCUT2D eigenvalue weighted by atomic mass is 32.2. The van der Waals surface area contributed by atoms with Gasteiger partial charge in [0.15, 0.2) is 11.5 Å². The molecule has 4 rings (SSSR count). The molecule has 2 aliphatic heterocycles. The molecule has 0 bridgehead atoms. The van der Waals surface area contributed by atoms with Gasteiger partial charge in [-0.05, 0) is 42.5 Å². The first kappa shape index (κ1) is 18.2. The SMILES string of the molecule is COc1ccc(CNC(=O)C2CSC34CC=CC=C3N=CCC24)cc1OC. The number of thioether (sulfide) groups is 1. The van der Waals surface area contributed by atoms with Crippen molar-refractivity contribution in [2.24, 2.45) is 16.8 Å². The largest absolute Gasteiger partial charge is 0.493 e. The molecular weight excluding hydrogens is 360 g/mol. The maximum Gasteiger partial charge on any atom is 0.224 e. The van der Waals surface area contributed by atoms with E-state index >= 15 is 0 Å². The van der Waals surface area contributed by atoms with Gasteiger partial charge in [0.05, 0.1) is 30.6 Å². The average molecular weight is 385 g/mol. The van der Waals surface area contributed by atoms with Gasteiger partial charge in [-0.2, -0.15) is 0 Å². The molecule has 1 aromatic carbocycles. The summed E-state index contributed by atoms with van der Waals surface area (Å²) in [4.78, 5) is 17.6. The molecule has 1 fully saturated rings. The van der Waals surface area contributed by atoms with Gasteiger partial charge in [-0.25, -0.2) is 0 Å². The van der Waals surface area contributed by atoms with Crippen LogP contribution < -0.4 is 14.8 Å². The van der Waals surface area contributed by atoms with E-state index in [-0.39, 0.29) is 16.6 Å². The Morgan fingerprint density at radius 3 is 3.00 bits per heavy atom. The molecule has 1 saturated heterocycles. The van der Waals surface area contributed by atoms with E-state index in [9.17, 15) is 4.79 Å². The van der Waals surface area contributed by atoms with Crippen LogP contribution in [0.2, 0.25) is 0 Å². The number of nitrogens with one attached hydrogen (secondary N) is 1. The highest BCUT2D eigenvalue weighted by Crippen LogP contribution is 2.57. The van der Waals surface area contributed by atoms with Gasteiger partial charge in [-0.15, -0.1) is 11.8 Å². The Balaban J connectivity index is 1.45. The van der Waals surface area contributed by atoms with E-state index < -0.39 is 0 Å². The Morgan fingerprint density at radius 1 is 1.33 bits per heavy atom. The number of allylic oxidation sites excluding steroid dienone is 3. The summed E-state index contributed by atoms with van der Waals surface area (Å²) in [7, 11) is 3.23. The number of carbonyl (C=O) groups is 1. The maximum atomic E-state index is 13.0. The summed E-state index contributed by atoms with van der Waals surface area (Å²) in [6, 6.07) is 5.72. The van der Waals surface area contributed by atoms with Crippen LogP contribution in [0, 0.1) is 11.8 Å². The first-order chi connectivity index (χ1) is 13.2. The maximum absolute atomic E-state index is 13.0. The number of aliphatic imine (C=N–C) groups is 1. The minimum Gasteiger partial charge on any atom is -0.493 e. The van der Waals surface area contributed by atoms with E-state index in [1.165, 1.54) is 0 Å². The number of ether oxygens (including phenoxy) is 2. The second kappa shape index (κ2) is 7.43. The van der Waals surface area contributed by atoms with Crippen molar-refractivity contribution in [2.75, 3.05) is 20.0 Å². The number of methoxy groups -OCH3 is 2. The highest BCUT2D eigenvalue weighted by molar-refractivity contribution is 8.01. The van der Waals surface area contributed by atoms with Gasteiger partial charge in [0, 0.05) is 18.5 Å². The third-order valence-electron chi connectivity index (χ3n) is 5.69. The van der Waals surface area contributed by atoms with E-state index in [0.29, 0.717) is 24.0 Å². The van der Waals surface area contributed by atoms with Gasteiger partial charge in [0.2, 0.25) is 5.91 Å². The molecule has 3 aliphatic rings. The van der Waals surface area contributed by atoms with Crippen molar-refractivity contribution in [2.45, 2.75) is 24.1 Å². The van der Waals surface area contributed by atoms with E-state index in [4.69, 9.17) is 9.47 Å². The molecule has 2 heterocycles. The Hall–Kier alpha value is -2.21. The van der Waals surface area contributed by atoms with Crippen molar-refractivity contribution < 1.29 is 14.3 Å². The van der Waals surface area contributed by atoms with Crippen molar-refractivity contribution in [3.8, 4) is 11.5 Å². The Bertz CT molecular complexity index is 833. The quantitative estimate of drug-likeness (QED) is 0.846. The number of carbonyl (C=O) groups excluding carboxylic acids is 1. The molecule has 1 spiro atoms. The summed E-state index contributed by atoms with van der Waals surface area (Å²) in [5.74, 6) is 2.65. The molecule has 3 unspecified atom stereocenters. The molecule has 1 amide bonds. The summed E-state index contributed by atoms with van der Waals surface area (Å²) >= 11 is 1.90. The van der Waals surface area contributed by atoms with Crippen LogP contribution in [0.15, 0.2) is 47.1 Å². The lowest BCUT2D eigenvalue weighted by atomic mass is 9.73. The van der Waals surface area contributed by atoms with Crippen LogP contribution in [0.4, 0.5) is 0 Å². The van der Waals surface area contributed by atoms with Crippen LogP contribution in [0.25, 0.3) is 0 Å². The molecule has 1 aliphatic carbocycles. The van der Waals surface area contributed by atoms with Crippen molar-refractivity contribution in [3.63, 3.8) is 0 Å². The Morgan fingerprint density at radius 2 is 2.19 bits per heavy atom. The third kappa shape index (κ3) is 3.16. The molecule has 0 aromatic heterocycles. The molecular formula is C21H24N2O3S. The van der Waals surface area contributed by atoms with E-state index in [2.05, 4.69) is 28.5 Å². The van der Waals surface area contributed by atoms with Gasteiger partial charge in [-0.3, -0.25) is 9.79 Å². The summed E-state index contributed by atoms with van der Waals surface area (Å²) in [6.45, 7) is 0.483. The zero-order valence-corrected chi connectivity index (χ0v) is 16.4. The van der Waals surface area contributed by atoms with Crippen LogP contribution in [0.1, 0.15) is 18.4 Å². The van der Waals surface area contributed by atoms with Gasteiger partial charge in [0.1, 0.15) is 0 Å². The summed E-state index contributed by atoms with van der Waals surface area (Å²) in [5, 5.41) is 3.12. The van der Waals surface area contributed by atoms with Crippen molar-refractivity contribution in [1.29, 1.82) is 0 Å². The standard InChI is InChI=1S/C21H24N2O3S/c1-25-17-7-6-14(11-18(17)26-2)12-23-20(24)15-13-27-21-9-4-3-5-19(21)22-10-8-16(15)21/h3-7,10-11,15-16H,8-9,12-13H2,1-2H3,(H,23,24). The highest BCUT2D eigenvalue weighted by Gasteiger charge is 2.54. The topological polar surface area (TPSA) is 59.9 Å². The van der Waals surface area contributed by atoms with Crippen molar-refractivity contribution >= 4 is 23.9 Å². The molecule has 5 nitrogen and oxygen atoms in total. The zero-order chi connectivity index (χ0) is 18.9. The predicted molar refractivity (Wildman–Crippen MR) is 109 cm³/mol. The fraction of sp³-hybridized carbons (Fsp3) is 0.429. The monoisotopic (exact) mass is 384 g/mol. The minimum atomic E-state index is -0.0190. The second-order valence-electron chi connectivity index (χ2n) is 7.05. The average Bonchev–Trinajstić information content (AvgIpc) is 3.09. The molecule has 1 aromatic rings. The molecule has 0 saturated carbocycles. The second-order valence-corrected chi connectivity index (χ2v) is 8.40. The van der Waals surface area contributed by atoms with E-state index in [1.807, 2.05) is 36.2 Å². The summed E-state index contributed by atoms with van der Waals surface area (Å²) in [5.41, 5.74) is 2.12. The van der Waals surface area contributed by atoms with Gasteiger partial charge in [0.25, 0.3) is 0 Å². The van der Waals surface area contributed by atoms with Crippen molar-refractivity contribution in [3.05, 3.63) is 47.7 Å². The molecule has 3 atom stereocenters. The van der Waals surface area contributed by atoms with Gasteiger partial charge in [-0.1, -0.05) is 18.2 Å². The molecule has 0 radical (unpaired) electrons. The first-order valence-electron chi connectivity index (χ1n) is 9.20. The Kier molecular flexibility index (Phi) is 5.00. The normalized spacial score (nSPS) is 28.1. The van der Waals surface area contributed by atoms with Crippen LogP contribution in [-0.4, -0.2) is 36.8 Å². The molecule has 142 valence electrons. The smallest absolute Gasteiger partial charge is 0.224 e. The number of hydrogen-bond acceptors (Lipinski definition) is 5. The van der Waals surface area contributed by atoms with E-state index in [1.54, 1.807) is 14.2 Å². The van der Waals surface area contributed by atoms with Crippen LogP contribution in [0.3, 0.4) is 0 Å². The Labute approximate surface area is 163 Å². The minimum absolute atomic E-state index is 0.0109. The summed E-state index contributed by atoms with van der Waals surface area (Å²) in [6.07, 6.45) is 10.2. The number of nitrogens with zero attached hydrogens (tertiary/aromatic N) is 1. The third-order valence-corrected chi connectivity index (χ3v) is 7.41. The fourth-order valence-electron chi connectivity index (χ4n) is 4.25. The van der Waals surface area contributed by atoms with E-state index in [0.717, 1.165) is 29.9 Å². The lowest BCUT2D eigenvalue weighted by Gasteiger charge is -2.39. The predicted octanol–water partition coefficient (Wildman–Crippen LogP) is 3.36. The molecule has 27 heavy (non-hydrogen) atoms. The zero-order valence-electron chi connectivity index (χ0n) is 15.6. The number of amides is 1. The molecule has 6 heteroatoms. The van der Waals surface area contributed by atoms with Gasteiger partial charge >= 0.3 is 0 Å². The fourth-order valence-corrected chi connectivity index (χ4v) is 6.07.